The van der Waals surface area contributed by atoms with Crippen molar-refractivity contribution < 1.29 is 0 Å². The van der Waals surface area contributed by atoms with Crippen LogP contribution in [0.3, 0.4) is 0 Å². The number of benzene rings is 1. The van der Waals surface area contributed by atoms with Gasteiger partial charge < -0.3 is 9.88 Å². The van der Waals surface area contributed by atoms with Gasteiger partial charge in [-0.3, -0.25) is 0 Å². The number of anilines is 1. The Morgan fingerprint density at radius 2 is 2.13 bits per heavy atom. The molecule has 0 fully saturated rings. The van der Waals surface area contributed by atoms with Crippen molar-refractivity contribution in [2.75, 3.05) is 11.4 Å². The van der Waals surface area contributed by atoms with Gasteiger partial charge in [0.05, 0.1) is 0 Å². The van der Waals surface area contributed by atoms with Gasteiger partial charge in [0.25, 0.3) is 0 Å². The van der Waals surface area contributed by atoms with Crippen LogP contribution in [0.25, 0.3) is 10.9 Å². The molecule has 1 aliphatic heterocycles. The molecule has 0 radical (unpaired) electrons. The second kappa shape index (κ2) is 3.31. The summed E-state index contributed by atoms with van der Waals surface area (Å²) in [6.07, 6.45) is 10.4. The fourth-order valence-electron chi connectivity index (χ4n) is 1.87. The highest BCUT2D eigenvalue weighted by Gasteiger charge is 2.04. The maximum Gasteiger partial charge on any atom is 0.0474 e. The average molecular weight is 196 g/mol. The summed E-state index contributed by atoms with van der Waals surface area (Å²) in [4.78, 5) is 5.45. The number of nitrogens with zero attached hydrogens (tertiary/aromatic N) is 1. The Labute approximate surface area is 88.5 Å². The number of aromatic nitrogens is 1. The molecule has 0 aliphatic carbocycles. The lowest BCUT2D eigenvalue weighted by molar-refractivity contribution is 1.08. The Kier molecular flexibility index (Phi) is 1.85. The molecule has 1 N–H and O–H groups in total. The minimum atomic E-state index is 0.947. The van der Waals surface area contributed by atoms with Crippen LogP contribution in [0.5, 0.6) is 0 Å². The quantitative estimate of drug-likeness (QED) is 0.742. The van der Waals surface area contributed by atoms with Crippen molar-refractivity contribution in [2.45, 2.75) is 0 Å². The molecule has 2 nitrogen and oxygen atoms in total. The predicted octanol–water partition coefficient (Wildman–Crippen LogP) is 3.06. The third-order valence-electron chi connectivity index (χ3n) is 2.69. The van der Waals surface area contributed by atoms with Gasteiger partial charge in [0, 0.05) is 30.1 Å². The first-order valence-electron chi connectivity index (χ1n) is 5.10. The fraction of sp³-hybridized carbons (Fsp3) is 0.0769. The summed E-state index contributed by atoms with van der Waals surface area (Å²) in [5, 5.41) is 1.26. The van der Waals surface area contributed by atoms with Crippen LogP contribution in [0.4, 0.5) is 5.69 Å². The Morgan fingerprint density at radius 3 is 3.00 bits per heavy atom. The van der Waals surface area contributed by atoms with E-state index in [1.54, 1.807) is 0 Å². The van der Waals surface area contributed by atoms with Gasteiger partial charge in [0.15, 0.2) is 0 Å². The van der Waals surface area contributed by atoms with Gasteiger partial charge >= 0.3 is 0 Å². The number of allylic oxidation sites excluding steroid dienone is 2. The molecule has 1 aliphatic rings. The lowest BCUT2D eigenvalue weighted by Crippen LogP contribution is -2.17. The van der Waals surface area contributed by atoms with Crippen LogP contribution in [0.1, 0.15) is 0 Å². The summed E-state index contributed by atoms with van der Waals surface area (Å²) in [5.41, 5.74) is 2.42. The van der Waals surface area contributed by atoms with Crippen LogP contribution in [0.15, 0.2) is 54.9 Å². The lowest BCUT2D eigenvalue weighted by atomic mass is 10.2. The molecule has 0 saturated heterocycles. The SMILES string of the molecule is C1=CCN(c2ccc3cc[nH]c3c2)C=C1. The van der Waals surface area contributed by atoms with E-state index in [0.29, 0.717) is 0 Å². The predicted molar refractivity (Wildman–Crippen MR) is 63.9 cm³/mol. The van der Waals surface area contributed by atoms with E-state index >= 15 is 0 Å². The Bertz CT molecular complexity index is 534. The molecule has 2 aromatic rings. The minimum absolute atomic E-state index is 0.947. The Hall–Kier alpha value is -1.96. The highest BCUT2D eigenvalue weighted by Crippen LogP contribution is 2.22. The maximum absolute atomic E-state index is 3.23. The number of nitrogens with one attached hydrogen (secondary N) is 1. The van der Waals surface area contributed by atoms with E-state index in [2.05, 4.69) is 58.6 Å². The maximum atomic E-state index is 3.23. The second-order valence-electron chi connectivity index (χ2n) is 3.67. The standard InChI is InChI=1S/C13H12N2/c1-2-8-15(9-3-1)12-5-4-11-6-7-14-13(11)10-12/h1-8,10,14H,9H2. The van der Waals surface area contributed by atoms with Gasteiger partial charge in [0.1, 0.15) is 0 Å². The molecule has 3 rings (SSSR count). The highest BCUT2D eigenvalue weighted by atomic mass is 15.1. The van der Waals surface area contributed by atoms with E-state index in [1.807, 2.05) is 6.20 Å². The zero-order valence-corrected chi connectivity index (χ0v) is 8.35. The lowest BCUT2D eigenvalue weighted by Gasteiger charge is -2.20. The van der Waals surface area contributed by atoms with Crippen molar-refractivity contribution in [3.63, 3.8) is 0 Å². The third kappa shape index (κ3) is 1.44. The van der Waals surface area contributed by atoms with Gasteiger partial charge in [-0.05, 0) is 29.7 Å². The summed E-state index contributed by atoms with van der Waals surface area (Å²) >= 11 is 0. The molecule has 0 saturated carbocycles. The number of rotatable bonds is 1. The summed E-state index contributed by atoms with van der Waals surface area (Å²) < 4.78 is 0. The normalized spacial score (nSPS) is 15.1. The highest BCUT2D eigenvalue weighted by molar-refractivity contribution is 5.83. The van der Waals surface area contributed by atoms with Crippen LogP contribution in [-0.2, 0) is 0 Å². The summed E-state index contributed by atoms with van der Waals surface area (Å²) in [7, 11) is 0. The van der Waals surface area contributed by atoms with Crippen molar-refractivity contribution in [1.29, 1.82) is 0 Å². The average Bonchev–Trinajstić information content (AvgIpc) is 2.77. The molecule has 0 unspecified atom stereocenters. The molecule has 0 spiro atoms. The van der Waals surface area contributed by atoms with E-state index in [-0.39, 0.29) is 0 Å². The molecule has 2 heterocycles. The summed E-state index contributed by atoms with van der Waals surface area (Å²) in [6.45, 7) is 0.947. The first-order chi connectivity index (χ1) is 7.43. The summed E-state index contributed by atoms with van der Waals surface area (Å²) in [5.74, 6) is 0. The number of aromatic amines is 1. The largest absolute Gasteiger partial charge is 0.361 e. The first-order valence-corrected chi connectivity index (χ1v) is 5.10. The van der Waals surface area contributed by atoms with E-state index in [9.17, 15) is 0 Å². The van der Waals surface area contributed by atoms with Crippen LogP contribution in [0.2, 0.25) is 0 Å². The Balaban J connectivity index is 2.03. The monoisotopic (exact) mass is 196 g/mol. The zero-order chi connectivity index (χ0) is 10.1. The molecular weight excluding hydrogens is 184 g/mol. The number of hydrogen-bond acceptors (Lipinski definition) is 1. The van der Waals surface area contributed by atoms with Crippen LogP contribution in [0, 0.1) is 0 Å². The van der Waals surface area contributed by atoms with E-state index in [4.69, 9.17) is 0 Å². The summed E-state index contributed by atoms with van der Waals surface area (Å²) in [6, 6.07) is 8.57. The van der Waals surface area contributed by atoms with Crippen molar-refractivity contribution in [3.8, 4) is 0 Å². The van der Waals surface area contributed by atoms with Gasteiger partial charge in [-0.1, -0.05) is 18.2 Å². The molecule has 0 amide bonds. The van der Waals surface area contributed by atoms with Gasteiger partial charge in [-0.2, -0.15) is 0 Å². The van der Waals surface area contributed by atoms with Crippen molar-refractivity contribution in [3.05, 3.63) is 54.9 Å². The molecule has 74 valence electrons. The third-order valence-corrected chi connectivity index (χ3v) is 2.69. The minimum Gasteiger partial charge on any atom is -0.361 e. The number of fused-ring (bicyclic) bond motifs is 1. The van der Waals surface area contributed by atoms with Gasteiger partial charge in [-0.15, -0.1) is 0 Å². The molecule has 0 atom stereocenters. The van der Waals surface area contributed by atoms with Crippen molar-refractivity contribution in [2.24, 2.45) is 0 Å². The van der Waals surface area contributed by atoms with E-state index in [1.165, 1.54) is 16.6 Å². The molecular formula is C13H12N2. The molecule has 1 aromatic carbocycles. The number of H-pyrrole nitrogens is 1. The smallest absolute Gasteiger partial charge is 0.0474 e. The van der Waals surface area contributed by atoms with E-state index < -0.39 is 0 Å². The molecule has 1 aromatic heterocycles. The van der Waals surface area contributed by atoms with Crippen LogP contribution >= 0.6 is 0 Å². The second-order valence-corrected chi connectivity index (χ2v) is 3.67. The molecule has 15 heavy (non-hydrogen) atoms. The molecule has 2 heteroatoms. The topological polar surface area (TPSA) is 19.0 Å². The number of hydrogen-bond donors (Lipinski definition) is 1. The van der Waals surface area contributed by atoms with Crippen molar-refractivity contribution in [1.82, 2.24) is 4.98 Å². The van der Waals surface area contributed by atoms with Crippen molar-refractivity contribution >= 4 is 16.6 Å². The molecule has 0 bridgehead atoms. The van der Waals surface area contributed by atoms with E-state index in [0.717, 1.165) is 6.54 Å². The van der Waals surface area contributed by atoms with Crippen LogP contribution < -0.4 is 4.90 Å². The van der Waals surface area contributed by atoms with Crippen LogP contribution in [-0.4, -0.2) is 11.5 Å². The fourth-order valence-corrected chi connectivity index (χ4v) is 1.87. The van der Waals surface area contributed by atoms with Gasteiger partial charge in [-0.25, -0.2) is 0 Å². The first kappa shape index (κ1) is 8.36. The Morgan fingerprint density at radius 1 is 1.13 bits per heavy atom. The van der Waals surface area contributed by atoms with Gasteiger partial charge in [0.2, 0.25) is 0 Å². The zero-order valence-electron chi connectivity index (χ0n) is 8.35.